The molecule has 2 amide bonds. The Morgan fingerprint density at radius 1 is 1.19 bits per heavy atom. The second-order valence-electron chi connectivity index (χ2n) is 7.63. The monoisotopic (exact) mass is 440 g/mol. The van der Waals surface area contributed by atoms with E-state index in [0.29, 0.717) is 6.54 Å². The lowest BCUT2D eigenvalue weighted by Crippen LogP contribution is -2.50. The number of ether oxygens (including phenoxy) is 1. The van der Waals surface area contributed by atoms with Gasteiger partial charge in [0.05, 0.1) is 12.8 Å². The number of piperidine rings is 1. The van der Waals surface area contributed by atoms with Crippen molar-refractivity contribution in [3.63, 3.8) is 0 Å². The zero-order valence-electron chi connectivity index (χ0n) is 17.5. The van der Waals surface area contributed by atoms with E-state index in [1.807, 2.05) is 37.3 Å². The molecular weight excluding hydrogens is 415 g/mol. The minimum Gasteiger partial charge on any atom is -0.497 e. The molecule has 0 unspecified atom stereocenters. The number of nitrogens with one attached hydrogen (secondary N) is 2. The van der Waals surface area contributed by atoms with Gasteiger partial charge in [-0.15, -0.1) is 0 Å². The Labute approximate surface area is 185 Å². The molecule has 2 N–H and O–H groups in total. The summed E-state index contributed by atoms with van der Waals surface area (Å²) in [7, 11) is 1.64. The number of nitrogens with zero attached hydrogens (tertiary/aromatic N) is 2. The molecule has 3 aromatic rings. The first-order valence-electron chi connectivity index (χ1n) is 10.2. The molecule has 4 rings (SSSR count). The van der Waals surface area contributed by atoms with Gasteiger partial charge in [0.15, 0.2) is 0 Å². The van der Waals surface area contributed by atoms with Crippen molar-refractivity contribution >= 4 is 28.3 Å². The van der Waals surface area contributed by atoms with Crippen molar-refractivity contribution in [3.05, 3.63) is 71.7 Å². The summed E-state index contributed by atoms with van der Waals surface area (Å²) in [6.45, 7) is 3.37. The molecule has 1 aliphatic rings. The van der Waals surface area contributed by atoms with E-state index in [1.54, 1.807) is 19.2 Å². The van der Waals surface area contributed by atoms with E-state index >= 15 is 0 Å². The summed E-state index contributed by atoms with van der Waals surface area (Å²) >= 11 is 1.27. The van der Waals surface area contributed by atoms with Crippen LogP contribution in [0, 0.1) is 12.7 Å². The molecule has 0 spiro atoms. The summed E-state index contributed by atoms with van der Waals surface area (Å²) in [4.78, 5) is 14.9. The average Bonchev–Trinajstić information content (AvgIpc) is 3.19. The standard InChI is InChI=1S/C23H25FN4O2S/c1-15-13-22(31-27-15)26-23(29)25-21-11-12-28(18-7-5-17(24)6-8-18)14-20(21)16-3-9-19(30-2)10-4-16/h3-10,13,20-21H,11-12,14H2,1-2H3,(H2,25,26,29)/t20-,21+/m0/s1. The van der Waals surface area contributed by atoms with Crippen LogP contribution in [-0.4, -0.2) is 36.6 Å². The van der Waals surface area contributed by atoms with Crippen LogP contribution >= 0.6 is 11.5 Å². The minimum atomic E-state index is -0.248. The SMILES string of the molecule is COc1ccc([C@@H]2CN(c3ccc(F)cc3)CC[C@H]2NC(=O)Nc2cc(C)ns2)cc1. The molecule has 1 saturated heterocycles. The number of amides is 2. The van der Waals surface area contributed by atoms with Crippen molar-refractivity contribution in [3.8, 4) is 5.75 Å². The number of carbonyl (C=O) groups is 1. The number of hydrogen-bond acceptors (Lipinski definition) is 5. The second kappa shape index (κ2) is 9.34. The summed E-state index contributed by atoms with van der Waals surface area (Å²) in [6.07, 6.45) is 0.767. The molecule has 162 valence electrons. The Balaban J connectivity index is 1.52. The molecule has 0 saturated carbocycles. The third-order valence-corrected chi connectivity index (χ3v) is 6.33. The van der Waals surface area contributed by atoms with Crippen LogP contribution in [0.5, 0.6) is 5.75 Å². The van der Waals surface area contributed by atoms with Crippen LogP contribution in [0.25, 0.3) is 0 Å². The second-order valence-corrected chi connectivity index (χ2v) is 8.43. The average molecular weight is 441 g/mol. The highest BCUT2D eigenvalue weighted by Crippen LogP contribution is 2.31. The number of anilines is 2. The van der Waals surface area contributed by atoms with Crippen molar-refractivity contribution in [2.45, 2.75) is 25.3 Å². The van der Waals surface area contributed by atoms with E-state index in [0.717, 1.165) is 40.7 Å². The number of rotatable bonds is 5. The number of aromatic nitrogens is 1. The first-order chi connectivity index (χ1) is 15.0. The van der Waals surface area contributed by atoms with E-state index < -0.39 is 0 Å². The zero-order chi connectivity index (χ0) is 21.8. The molecule has 1 aliphatic heterocycles. The summed E-state index contributed by atoms with van der Waals surface area (Å²) in [6, 6.07) is 16.1. The lowest BCUT2D eigenvalue weighted by Gasteiger charge is -2.40. The summed E-state index contributed by atoms with van der Waals surface area (Å²) in [5, 5.41) is 6.75. The first kappa shape index (κ1) is 21.1. The highest BCUT2D eigenvalue weighted by atomic mass is 32.1. The van der Waals surface area contributed by atoms with Gasteiger partial charge < -0.3 is 15.0 Å². The number of methoxy groups -OCH3 is 1. The van der Waals surface area contributed by atoms with E-state index in [1.165, 1.54) is 23.7 Å². The van der Waals surface area contributed by atoms with Crippen LogP contribution in [0.3, 0.4) is 0 Å². The number of aryl methyl sites for hydroxylation is 1. The summed E-state index contributed by atoms with van der Waals surface area (Å²) in [5.41, 5.74) is 2.97. The number of benzene rings is 2. The number of halogens is 1. The smallest absolute Gasteiger partial charge is 0.320 e. The third-order valence-electron chi connectivity index (χ3n) is 5.53. The van der Waals surface area contributed by atoms with Gasteiger partial charge in [0.25, 0.3) is 0 Å². The molecular formula is C23H25FN4O2S. The van der Waals surface area contributed by atoms with Gasteiger partial charge in [0.1, 0.15) is 16.6 Å². The molecule has 1 fully saturated rings. The normalized spacial score (nSPS) is 18.5. The van der Waals surface area contributed by atoms with E-state index in [4.69, 9.17) is 4.74 Å². The van der Waals surface area contributed by atoms with E-state index in [-0.39, 0.29) is 23.8 Å². The molecule has 6 nitrogen and oxygen atoms in total. The van der Waals surface area contributed by atoms with E-state index in [2.05, 4.69) is 19.9 Å². The Hall–Kier alpha value is -3.13. The Morgan fingerprint density at radius 2 is 1.94 bits per heavy atom. The van der Waals surface area contributed by atoms with Crippen LogP contribution in [0.2, 0.25) is 0 Å². The third kappa shape index (κ3) is 5.14. The maximum atomic E-state index is 13.4. The van der Waals surface area contributed by atoms with E-state index in [9.17, 15) is 9.18 Å². The Bertz CT molecular complexity index is 1020. The van der Waals surface area contributed by atoms with Crippen molar-refractivity contribution in [1.29, 1.82) is 0 Å². The summed E-state index contributed by atoms with van der Waals surface area (Å²) in [5.74, 6) is 0.610. The minimum absolute atomic E-state index is 0.0425. The molecule has 8 heteroatoms. The highest BCUT2D eigenvalue weighted by Gasteiger charge is 2.32. The van der Waals surface area contributed by atoms with Gasteiger partial charge in [0.2, 0.25) is 0 Å². The molecule has 0 bridgehead atoms. The Morgan fingerprint density at radius 3 is 2.58 bits per heavy atom. The maximum Gasteiger partial charge on any atom is 0.320 e. The molecule has 2 aromatic carbocycles. The molecule has 0 radical (unpaired) electrons. The van der Waals surface area contributed by atoms with Gasteiger partial charge in [-0.1, -0.05) is 12.1 Å². The predicted molar refractivity (Wildman–Crippen MR) is 122 cm³/mol. The molecule has 2 heterocycles. The maximum absolute atomic E-state index is 13.4. The van der Waals surface area contributed by atoms with Gasteiger partial charge in [0, 0.05) is 30.7 Å². The van der Waals surface area contributed by atoms with Gasteiger partial charge in [-0.25, -0.2) is 9.18 Å². The quantitative estimate of drug-likeness (QED) is 0.599. The van der Waals surface area contributed by atoms with Crippen molar-refractivity contribution < 1.29 is 13.9 Å². The fraction of sp³-hybridized carbons (Fsp3) is 0.304. The largest absolute Gasteiger partial charge is 0.497 e. The van der Waals surface area contributed by atoms with Crippen LogP contribution < -0.4 is 20.3 Å². The fourth-order valence-electron chi connectivity index (χ4n) is 3.94. The highest BCUT2D eigenvalue weighted by molar-refractivity contribution is 7.10. The van der Waals surface area contributed by atoms with Crippen molar-refractivity contribution in [1.82, 2.24) is 9.69 Å². The lowest BCUT2D eigenvalue weighted by atomic mass is 9.85. The van der Waals surface area contributed by atoms with Crippen LogP contribution in [-0.2, 0) is 0 Å². The van der Waals surface area contributed by atoms with Gasteiger partial charge in [-0.3, -0.25) is 5.32 Å². The van der Waals surface area contributed by atoms with Crippen LogP contribution in [0.15, 0.2) is 54.6 Å². The number of carbonyl (C=O) groups excluding carboxylic acids is 1. The van der Waals surface area contributed by atoms with Crippen LogP contribution in [0.1, 0.15) is 23.6 Å². The fourth-order valence-corrected chi connectivity index (χ4v) is 4.60. The van der Waals surface area contributed by atoms with Gasteiger partial charge >= 0.3 is 6.03 Å². The zero-order valence-corrected chi connectivity index (χ0v) is 18.3. The first-order valence-corrected chi connectivity index (χ1v) is 10.9. The number of hydrogen-bond donors (Lipinski definition) is 2. The van der Waals surface area contributed by atoms with Gasteiger partial charge in [-0.05, 0) is 72.9 Å². The van der Waals surface area contributed by atoms with Gasteiger partial charge in [-0.2, -0.15) is 4.37 Å². The topological polar surface area (TPSA) is 66.5 Å². The molecule has 2 atom stereocenters. The summed E-state index contributed by atoms with van der Waals surface area (Å²) < 4.78 is 22.9. The van der Waals surface area contributed by atoms with Crippen molar-refractivity contribution in [2.75, 3.05) is 30.4 Å². The molecule has 0 aliphatic carbocycles. The molecule has 1 aromatic heterocycles. The number of urea groups is 1. The molecule has 31 heavy (non-hydrogen) atoms. The predicted octanol–water partition coefficient (Wildman–Crippen LogP) is 4.78. The van der Waals surface area contributed by atoms with Crippen molar-refractivity contribution in [2.24, 2.45) is 0 Å². The van der Waals surface area contributed by atoms with Crippen LogP contribution in [0.4, 0.5) is 19.9 Å². The lowest BCUT2D eigenvalue weighted by molar-refractivity contribution is 0.243. The Kier molecular flexibility index (Phi) is 6.36.